The Hall–Kier alpha value is -1.96. The number of aliphatic carboxylic acids is 1. The Kier molecular flexibility index (Phi) is 6.92. The van der Waals surface area contributed by atoms with E-state index in [2.05, 4.69) is 4.90 Å². The molecule has 6 N–H and O–H groups in total. The van der Waals surface area contributed by atoms with Crippen LogP contribution in [-0.2, 0) is 16.1 Å². The molecule has 0 radical (unpaired) electrons. The summed E-state index contributed by atoms with van der Waals surface area (Å²) in [6.45, 7) is 2.56. The molecule has 1 aliphatic heterocycles. The molecule has 1 saturated heterocycles. The quantitative estimate of drug-likeness (QED) is 0.304. The third kappa shape index (κ3) is 5.81. The monoisotopic (exact) mass is 348 g/mol. The summed E-state index contributed by atoms with van der Waals surface area (Å²) in [5.41, 5.74) is 7.05. The third-order valence-electron chi connectivity index (χ3n) is 5.02. The Balaban J connectivity index is 1.81. The van der Waals surface area contributed by atoms with Crippen LogP contribution in [0.3, 0.4) is 0 Å². The number of benzene rings is 1. The lowest BCUT2D eigenvalue weighted by atomic mass is 9.85. The van der Waals surface area contributed by atoms with Crippen LogP contribution >= 0.6 is 0 Å². The molecule has 0 aliphatic carbocycles. The van der Waals surface area contributed by atoms with Crippen molar-refractivity contribution in [2.24, 2.45) is 11.6 Å². The summed E-state index contributed by atoms with van der Waals surface area (Å²) in [5.74, 6) is 4.94. The Bertz CT molecular complexity index is 580. The molecule has 0 amide bonds. The molecule has 0 saturated carbocycles. The van der Waals surface area contributed by atoms with Crippen molar-refractivity contribution in [2.75, 3.05) is 19.6 Å². The topological polar surface area (TPSA) is 126 Å². The highest BCUT2D eigenvalue weighted by atomic mass is 16.6. The fourth-order valence-electron chi connectivity index (χ4n) is 3.29. The van der Waals surface area contributed by atoms with Crippen molar-refractivity contribution in [1.82, 2.24) is 4.90 Å². The highest BCUT2D eigenvalue weighted by molar-refractivity contribution is 5.94. The predicted octanol–water partition coefficient (Wildman–Crippen LogP) is 1.49. The summed E-state index contributed by atoms with van der Waals surface area (Å²) in [4.78, 5) is 18.3. The molecule has 1 fully saturated rings. The zero-order chi connectivity index (χ0) is 18.3. The third-order valence-corrected chi connectivity index (χ3v) is 5.02. The Morgan fingerprint density at radius 3 is 2.44 bits per heavy atom. The minimum atomic E-state index is -0.743. The Morgan fingerprint density at radius 1 is 1.28 bits per heavy atom. The van der Waals surface area contributed by atoms with Crippen LogP contribution in [0.15, 0.2) is 24.3 Å². The second-order valence-electron chi connectivity index (χ2n) is 6.75. The number of hydrogen-bond acceptors (Lipinski definition) is 5. The van der Waals surface area contributed by atoms with Crippen molar-refractivity contribution in [3.05, 3.63) is 35.4 Å². The maximum atomic E-state index is 10.6. The number of likely N-dealkylation sites (tertiary alicyclic amines) is 1. The second-order valence-corrected chi connectivity index (χ2v) is 6.75. The van der Waals surface area contributed by atoms with E-state index in [0.717, 1.165) is 50.9 Å². The van der Waals surface area contributed by atoms with Crippen LogP contribution in [0, 0.1) is 5.41 Å². The predicted molar refractivity (Wildman–Crippen MR) is 96.3 cm³/mol. The van der Waals surface area contributed by atoms with Crippen LogP contribution < -0.4 is 11.6 Å². The van der Waals surface area contributed by atoms with Crippen LogP contribution in [0.2, 0.25) is 0 Å². The number of carboxylic acid groups (broad SMARTS) is 1. The van der Waals surface area contributed by atoms with E-state index >= 15 is 0 Å². The second kappa shape index (κ2) is 8.94. The number of piperidine rings is 1. The van der Waals surface area contributed by atoms with Gasteiger partial charge < -0.3 is 15.7 Å². The van der Waals surface area contributed by atoms with Gasteiger partial charge in [-0.3, -0.25) is 15.0 Å². The molecule has 0 aromatic heterocycles. The average Bonchev–Trinajstić information content (AvgIpc) is 2.61. The van der Waals surface area contributed by atoms with E-state index in [1.807, 2.05) is 24.3 Å². The van der Waals surface area contributed by atoms with E-state index in [0.29, 0.717) is 6.42 Å². The minimum Gasteiger partial charge on any atom is -0.481 e. The van der Waals surface area contributed by atoms with E-state index in [-0.39, 0.29) is 17.9 Å². The first-order chi connectivity index (χ1) is 11.9. The lowest BCUT2D eigenvalue weighted by Gasteiger charge is -2.40. The number of rotatable bonds is 9. The van der Waals surface area contributed by atoms with Crippen LogP contribution in [0.4, 0.5) is 0 Å². The number of nitrogens with one attached hydrogen (secondary N) is 1. The van der Waals surface area contributed by atoms with Gasteiger partial charge in [0.2, 0.25) is 0 Å². The summed E-state index contributed by atoms with van der Waals surface area (Å²) >= 11 is 0. The van der Waals surface area contributed by atoms with Gasteiger partial charge in [-0.15, -0.1) is 0 Å². The molecular formula is C18H28N4O3. The average molecular weight is 348 g/mol. The number of amidine groups is 1. The molecule has 2 rings (SSSR count). The number of nitrogen functional groups attached to an aromatic ring is 1. The first-order valence-corrected chi connectivity index (χ1v) is 8.69. The summed E-state index contributed by atoms with van der Waals surface area (Å²) in [6, 6.07) is 7.70. The van der Waals surface area contributed by atoms with Gasteiger partial charge in [0.25, 0.3) is 0 Å². The maximum absolute atomic E-state index is 10.6. The standard InChI is InChI=1S/C18H28N4O3/c19-17(20)15-5-3-14(4-6-15)7-8-18(25-21)9-12-22(13-10-18)11-1-2-16(23)24/h3-6H,1-2,7-13,21H2,(H3,19,20)(H,23,24). The summed E-state index contributed by atoms with van der Waals surface area (Å²) in [7, 11) is 0. The van der Waals surface area contributed by atoms with Crippen molar-refractivity contribution in [2.45, 2.75) is 44.1 Å². The summed E-state index contributed by atoms with van der Waals surface area (Å²) in [5, 5.41) is 16.1. The molecule has 1 heterocycles. The number of nitrogens with zero attached hydrogens (tertiary/aromatic N) is 1. The van der Waals surface area contributed by atoms with E-state index < -0.39 is 5.97 Å². The highest BCUT2D eigenvalue weighted by Gasteiger charge is 2.34. The van der Waals surface area contributed by atoms with Gasteiger partial charge in [-0.2, -0.15) is 0 Å². The summed E-state index contributed by atoms with van der Waals surface area (Å²) < 4.78 is 0. The molecule has 138 valence electrons. The Morgan fingerprint density at radius 2 is 1.92 bits per heavy atom. The molecule has 0 spiro atoms. The van der Waals surface area contributed by atoms with E-state index in [1.165, 1.54) is 5.56 Å². The molecule has 7 heteroatoms. The van der Waals surface area contributed by atoms with Crippen LogP contribution in [0.5, 0.6) is 0 Å². The summed E-state index contributed by atoms with van der Waals surface area (Å²) in [6.07, 6.45) is 4.28. The fourth-order valence-corrected chi connectivity index (χ4v) is 3.29. The molecule has 1 aromatic carbocycles. The molecule has 0 atom stereocenters. The molecule has 1 aliphatic rings. The number of hydrogen-bond donors (Lipinski definition) is 4. The normalized spacial score (nSPS) is 17.3. The van der Waals surface area contributed by atoms with E-state index in [9.17, 15) is 4.79 Å². The lowest BCUT2D eigenvalue weighted by molar-refractivity contribution is -0.137. The van der Waals surface area contributed by atoms with Gasteiger partial charge in [0, 0.05) is 25.1 Å². The van der Waals surface area contributed by atoms with Crippen LogP contribution in [-0.4, -0.2) is 47.0 Å². The van der Waals surface area contributed by atoms with Crippen molar-refractivity contribution in [1.29, 1.82) is 5.41 Å². The lowest BCUT2D eigenvalue weighted by Crippen LogP contribution is -2.48. The van der Waals surface area contributed by atoms with Crippen molar-refractivity contribution in [3.8, 4) is 0 Å². The molecule has 25 heavy (non-hydrogen) atoms. The highest BCUT2D eigenvalue weighted by Crippen LogP contribution is 2.30. The number of aryl methyl sites for hydroxylation is 1. The Labute approximate surface area is 148 Å². The van der Waals surface area contributed by atoms with Crippen LogP contribution in [0.25, 0.3) is 0 Å². The SMILES string of the molecule is N=C(N)c1ccc(CCC2(ON)CCN(CCCC(=O)O)CC2)cc1. The van der Waals surface area contributed by atoms with Gasteiger partial charge in [0.15, 0.2) is 0 Å². The number of carboxylic acids is 1. The van der Waals surface area contributed by atoms with Crippen molar-refractivity contribution < 1.29 is 14.7 Å². The first kappa shape index (κ1) is 19.4. The first-order valence-electron chi connectivity index (χ1n) is 8.69. The number of carbonyl (C=O) groups is 1. The van der Waals surface area contributed by atoms with Crippen molar-refractivity contribution in [3.63, 3.8) is 0 Å². The van der Waals surface area contributed by atoms with Gasteiger partial charge in [-0.25, -0.2) is 5.90 Å². The smallest absolute Gasteiger partial charge is 0.303 e. The van der Waals surface area contributed by atoms with Crippen LogP contribution in [0.1, 0.15) is 43.2 Å². The van der Waals surface area contributed by atoms with E-state index in [1.54, 1.807) is 0 Å². The zero-order valence-electron chi connectivity index (χ0n) is 14.5. The van der Waals surface area contributed by atoms with E-state index in [4.69, 9.17) is 27.0 Å². The van der Waals surface area contributed by atoms with Crippen molar-refractivity contribution >= 4 is 11.8 Å². The fraction of sp³-hybridized carbons (Fsp3) is 0.556. The van der Waals surface area contributed by atoms with Gasteiger partial charge in [0.1, 0.15) is 5.84 Å². The molecule has 7 nitrogen and oxygen atoms in total. The van der Waals surface area contributed by atoms with Gasteiger partial charge >= 0.3 is 5.97 Å². The molecule has 0 unspecified atom stereocenters. The zero-order valence-corrected chi connectivity index (χ0v) is 14.5. The van der Waals surface area contributed by atoms with Gasteiger partial charge in [-0.1, -0.05) is 24.3 Å². The minimum absolute atomic E-state index is 0.0728. The molecule has 0 bridgehead atoms. The molecular weight excluding hydrogens is 320 g/mol. The van der Waals surface area contributed by atoms with Gasteiger partial charge in [0.05, 0.1) is 5.60 Å². The largest absolute Gasteiger partial charge is 0.481 e. The van der Waals surface area contributed by atoms with Gasteiger partial charge in [-0.05, 0) is 44.2 Å². The number of nitrogens with two attached hydrogens (primary N) is 2. The molecule has 1 aromatic rings. The maximum Gasteiger partial charge on any atom is 0.303 e.